The molecule has 1 nitrogen and oxygen atoms in total. The molecule has 2 heteroatoms. The Balaban J connectivity index is 1.64. The minimum absolute atomic E-state index is 0.0207. The van der Waals surface area contributed by atoms with Gasteiger partial charge in [-0.2, -0.15) is 0 Å². The van der Waals surface area contributed by atoms with Crippen molar-refractivity contribution in [2.24, 2.45) is 11.3 Å². The maximum atomic E-state index is 7.73. The Bertz CT molecular complexity index is 1110. The minimum Gasteiger partial charge on any atom is -0.347 e. The van der Waals surface area contributed by atoms with E-state index in [1.165, 1.54) is 35.1 Å². The molecule has 3 fully saturated rings. The van der Waals surface area contributed by atoms with Crippen molar-refractivity contribution in [2.75, 3.05) is 0 Å². The molecule has 2 bridgehead atoms. The van der Waals surface area contributed by atoms with Crippen LogP contribution in [0.25, 0.3) is 0 Å². The lowest BCUT2D eigenvalue weighted by Gasteiger charge is -2.37. The molecular weight excluding hydrogens is 364 g/mol. The standard InChI is InChI=1S/C26H21ClO/c27-26-22-16-9-17-23(22,26)24(18-10-3-1-4-11-18)20-14-7-8-15-21(20)25(26,28-24)19-12-5-2-6-13-19/h1-8,10-15,22H,9,16-17H2/t22-,23+,24+,25-,26-/m1/s1. The summed E-state index contributed by atoms with van der Waals surface area (Å²) in [5.74, 6) is 0.489. The van der Waals surface area contributed by atoms with E-state index in [2.05, 4.69) is 84.9 Å². The van der Waals surface area contributed by atoms with Gasteiger partial charge in [-0.1, -0.05) is 91.3 Å². The number of rotatable bonds is 2. The maximum absolute atomic E-state index is 7.73. The Hall–Kier alpha value is -2.09. The Kier molecular flexibility index (Phi) is 2.66. The third-order valence-electron chi connectivity index (χ3n) is 8.20. The second-order valence-electron chi connectivity index (χ2n) is 8.87. The van der Waals surface area contributed by atoms with Gasteiger partial charge in [0.1, 0.15) is 11.2 Å². The number of fused-ring (bicyclic) bond motifs is 7. The van der Waals surface area contributed by atoms with Gasteiger partial charge < -0.3 is 4.74 Å². The molecule has 2 aliphatic heterocycles. The van der Waals surface area contributed by atoms with Crippen LogP contribution >= 0.6 is 11.6 Å². The van der Waals surface area contributed by atoms with Gasteiger partial charge >= 0.3 is 0 Å². The van der Waals surface area contributed by atoms with Crippen LogP contribution in [0, 0.1) is 11.3 Å². The van der Waals surface area contributed by atoms with Crippen molar-refractivity contribution < 1.29 is 4.74 Å². The summed E-state index contributed by atoms with van der Waals surface area (Å²) in [5, 5.41) is 0. The molecule has 0 amide bonds. The van der Waals surface area contributed by atoms with E-state index in [9.17, 15) is 0 Å². The average Bonchev–Trinajstić information content (AvgIpc) is 3.14. The first-order valence-electron chi connectivity index (χ1n) is 10.3. The van der Waals surface area contributed by atoms with Crippen LogP contribution in [-0.2, 0) is 15.9 Å². The largest absolute Gasteiger partial charge is 0.347 e. The highest BCUT2D eigenvalue weighted by Crippen LogP contribution is 2.94. The highest BCUT2D eigenvalue weighted by atomic mass is 35.5. The smallest absolute Gasteiger partial charge is 0.140 e. The van der Waals surface area contributed by atoms with Crippen molar-refractivity contribution in [2.45, 2.75) is 35.3 Å². The summed E-state index contributed by atoms with van der Waals surface area (Å²) in [5.41, 5.74) is 3.99. The zero-order chi connectivity index (χ0) is 18.6. The van der Waals surface area contributed by atoms with E-state index in [4.69, 9.17) is 16.3 Å². The third-order valence-corrected chi connectivity index (χ3v) is 9.06. The van der Waals surface area contributed by atoms with E-state index < -0.39 is 11.2 Å². The zero-order valence-corrected chi connectivity index (χ0v) is 16.3. The Morgan fingerprint density at radius 2 is 1.25 bits per heavy atom. The molecule has 3 aromatic rings. The number of hydrogen-bond donors (Lipinski definition) is 0. The molecule has 3 aromatic carbocycles. The molecule has 5 atom stereocenters. The van der Waals surface area contributed by atoms with Crippen molar-refractivity contribution in [1.29, 1.82) is 0 Å². The number of hydrogen-bond acceptors (Lipinski definition) is 1. The van der Waals surface area contributed by atoms with Crippen LogP contribution in [0.15, 0.2) is 84.9 Å². The van der Waals surface area contributed by atoms with Gasteiger partial charge in [0.15, 0.2) is 0 Å². The molecule has 2 aliphatic carbocycles. The van der Waals surface area contributed by atoms with Crippen LogP contribution in [0.4, 0.5) is 0 Å². The summed E-state index contributed by atoms with van der Waals surface area (Å²) in [6.45, 7) is 0. The molecular formula is C26H21ClO. The quantitative estimate of drug-likeness (QED) is 0.493. The summed E-state index contributed by atoms with van der Waals surface area (Å²) in [7, 11) is 0. The van der Waals surface area contributed by atoms with Crippen LogP contribution < -0.4 is 0 Å². The minimum atomic E-state index is -0.576. The fourth-order valence-electron chi connectivity index (χ4n) is 7.48. The van der Waals surface area contributed by atoms with Gasteiger partial charge in [-0.15, -0.1) is 11.6 Å². The molecule has 0 radical (unpaired) electrons. The van der Waals surface area contributed by atoms with Crippen molar-refractivity contribution in [1.82, 2.24) is 0 Å². The third kappa shape index (κ3) is 1.28. The highest BCUT2D eigenvalue weighted by Gasteiger charge is 2.99. The second-order valence-corrected chi connectivity index (χ2v) is 9.47. The first kappa shape index (κ1) is 15.8. The zero-order valence-electron chi connectivity index (χ0n) is 15.6. The molecule has 0 aromatic heterocycles. The van der Waals surface area contributed by atoms with Crippen molar-refractivity contribution in [3.63, 3.8) is 0 Å². The van der Waals surface area contributed by atoms with Crippen LogP contribution in [-0.4, -0.2) is 4.87 Å². The van der Waals surface area contributed by atoms with Crippen LogP contribution in [0.2, 0.25) is 0 Å². The van der Waals surface area contributed by atoms with E-state index in [0.717, 1.165) is 6.42 Å². The molecule has 28 heavy (non-hydrogen) atoms. The lowest BCUT2D eigenvalue weighted by atomic mass is 9.64. The molecule has 0 N–H and O–H groups in total. The van der Waals surface area contributed by atoms with Gasteiger partial charge in [-0.3, -0.25) is 0 Å². The molecule has 0 unspecified atom stereocenters. The van der Waals surface area contributed by atoms with E-state index in [-0.39, 0.29) is 10.3 Å². The summed E-state index contributed by atoms with van der Waals surface area (Å²) in [4.78, 5) is -0.371. The van der Waals surface area contributed by atoms with Crippen LogP contribution in [0.1, 0.15) is 41.5 Å². The Labute approximate surface area is 170 Å². The second kappa shape index (κ2) is 4.72. The molecule has 1 saturated heterocycles. The summed E-state index contributed by atoms with van der Waals surface area (Å²) >= 11 is 7.73. The molecule has 1 spiro atoms. The van der Waals surface area contributed by atoms with Crippen molar-refractivity contribution >= 4 is 11.6 Å². The molecule has 4 aliphatic rings. The summed E-state index contributed by atoms with van der Waals surface area (Å²) < 4.78 is 7.33. The first-order valence-corrected chi connectivity index (χ1v) is 10.7. The predicted octanol–water partition coefficient (Wildman–Crippen LogP) is 6.00. The van der Waals surface area contributed by atoms with Crippen LogP contribution in [0.3, 0.4) is 0 Å². The van der Waals surface area contributed by atoms with Gasteiger partial charge in [-0.05, 0) is 41.0 Å². The number of benzene rings is 3. The number of ether oxygens (including phenoxy) is 1. The van der Waals surface area contributed by atoms with Gasteiger partial charge in [0.05, 0.1) is 4.87 Å². The Morgan fingerprint density at radius 3 is 1.89 bits per heavy atom. The molecule has 138 valence electrons. The molecule has 2 saturated carbocycles. The average molecular weight is 385 g/mol. The first-order chi connectivity index (χ1) is 13.7. The fraction of sp³-hybridized carbons (Fsp3) is 0.308. The lowest BCUT2D eigenvalue weighted by molar-refractivity contribution is -0.0916. The van der Waals surface area contributed by atoms with E-state index in [1.807, 2.05) is 0 Å². The predicted molar refractivity (Wildman–Crippen MR) is 110 cm³/mol. The Morgan fingerprint density at radius 1 is 0.714 bits per heavy atom. The van der Waals surface area contributed by atoms with Crippen LogP contribution in [0.5, 0.6) is 0 Å². The van der Waals surface area contributed by atoms with E-state index >= 15 is 0 Å². The van der Waals surface area contributed by atoms with Gasteiger partial charge in [0, 0.05) is 5.41 Å². The molecule has 7 rings (SSSR count). The summed E-state index contributed by atoms with van der Waals surface area (Å²) in [6, 6.07) is 30.4. The number of halogens is 1. The topological polar surface area (TPSA) is 9.23 Å². The van der Waals surface area contributed by atoms with Crippen molar-refractivity contribution in [3.8, 4) is 0 Å². The highest BCUT2D eigenvalue weighted by molar-refractivity contribution is 6.29. The summed E-state index contributed by atoms with van der Waals surface area (Å²) in [6.07, 6.45) is 3.58. The fourth-order valence-corrected chi connectivity index (χ4v) is 8.33. The lowest BCUT2D eigenvalue weighted by Crippen LogP contribution is -2.41. The SMILES string of the molecule is Cl[C@]12[C@@H]3CCC[C@@]31[C@@]1(c3ccccc3)O[C@]2(c2ccccc2)c2ccccc21. The van der Waals surface area contributed by atoms with Gasteiger partial charge in [-0.25, -0.2) is 0 Å². The van der Waals surface area contributed by atoms with Gasteiger partial charge in [0.2, 0.25) is 0 Å². The monoisotopic (exact) mass is 384 g/mol. The van der Waals surface area contributed by atoms with E-state index in [0.29, 0.717) is 5.92 Å². The number of alkyl halides is 1. The molecule has 2 heterocycles. The van der Waals surface area contributed by atoms with E-state index in [1.54, 1.807) is 0 Å². The van der Waals surface area contributed by atoms with Crippen molar-refractivity contribution in [3.05, 3.63) is 107 Å². The van der Waals surface area contributed by atoms with Gasteiger partial charge in [0.25, 0.3) is 0 Å². The normalized spacial score (nSPS) is 41.4. The maximum Gasteiger partial charge on any atom is 0.140 e.